The molecule has 0 fully saturated rings. The molecule has 0 bridgehead atoms. The quantitative estimate of drug-likeness (QED) is 0.452. The molecule has 1 aliphatic rings. The molecule has 0 aromatic carbocycles. The van der Waals surface area contributed by atoms with Crippen molar-refractivity contribution in [3.63, 3.8) is 0 Å². The first-order valence-corrected chi connectivity index (χ1v) is 3.22. The van der Waals surface area contributed by atoms with Gasteiger partial charge in [0.2, 0.25) is 0 Å². The Morgan fingerprint density at radius 2 is 2.38 bits per heavy atom. The van der Waals surface area contributed by atoms with Gasteiger partial charge in [-0.2, -0.15) is 0 Å². The third-order valence-corrected chi connectivity index (χ3v) is 1.67. The number of hydrogen-bond donors (Lipinski definition) is 0. The molecule has 1 rings (SSSR count). The minimum atomic E-state index is 0.773. The summed E-state index contributed by atoms with van der Waals surface area (Å²) in [7, 11) is 0. The van der Waals surface area contributed by atoms with E-state index >= 15 is 0 Å². The molecular weight excluding hydrogens is 96.1 g/mol. The van der Waals surface area contributed by atoms with Gasteiger partial charge in [-0.15, -0.1) is 5.73 Å². The minimum Gasteiger partial charge on any atom is -0.129 e. The predicted octanol–water partition coefficient (Wildman–Crippen LogP) is 2.37. The Bertz CT molecular complexity index is 125. The standard InChI is InChI=1S/C8H12/c1-7(2)8-5-3-4-6-8/h3,6-8H,5H2,1-2H3. The van der Waals surface area contributed by atoms with Gasteiger partial charge in [0.05, 0.1) is 0 Å². The van der Waals surface area contributed by atoms with Crippen LogP contribution in [-0.2, 0) is 0 Å². The van der Waals surface area contributed by atoms with Crippen LogP contribution in [0.4, 0.5) is 0 Å². The topological polar surface area (TPSA) is 0 Å². The van der Waals surface area contributed by atoms with Crippen molar-refractivity contribution >= 4 is 0 Å². The summed E-state index contributed by atoms with van der Waals surface area (Å²) in [5.74, 6) is 1.57. The molecule has 8 heavy (non-hydrogen) atoms. The highest BCUT2D eigenvalue weighted by atomic mass is 14.1. The molecule has 0 aliphatic heterocycles. The third kappa shape index (κ3) is 1.02. The lowest BCUT2D eigenvalue weighted by molar-refractivity contribution is 0.479. The average molecular weight is 108 g/mol. The summed E-state index contributed by atoms with van der Waals surface area (Å²) in [5.41, 5.74) is 3.10. The molecule has 0 saturated carbocycles. The van der Waals surface area contributed by atoms with Crippen LogP contribution in [0.2, 0.25) is 0 Å². The summed E-state index contributed by atoms with van der Waals surface area (Å²) in [5, 5.41) is 0. The van der Waals surface area contributed by atoms with E-state index in [-0.39, 0.29) is 0 Å². The number of rotatable bonds is 1. The summed E-state index contributed by atoms with van der Waals surface area (Å²) >= 11 is 0. The van der Waals surface area contributed by atoms with Crippen LogP contribution in [0.25, 0.3) is 0 Å². The molecule has 0 aromatic rings. The Labute approximate surface area is 50.9 Å². The van der Waals surface area contributed by atoms with Crippen LogP contribution in [0, 0.1) is 11.8 Å². The van der Waals surface area contributed by atoms with E-state index in [4.69, 9.17) is 0 Å². The van der Waals surface area contributed by atoms with Gasteiger partial charge < -0.3 is 0 Å². The van der Waals surface area contributed by atoms with Gasteiger partial charge in [-0.25, -0.2) is 0 Å². The van der Waals surface area contributed by atoms with Crippen molar-refractivity contribution in [3.8, 4) is 0 Å². The van der Waals surface area contributed by atoms with Crippen molar-refractivity contribution in [1.82, 2.24) is 0 Å². The van der Waals surface area contributed by atoms with Gasteiger partial charge in [0.25, 0.3) is 0 Å². The molecular formula is C8H12. The lowest BCUT2D eigenvalue weighted by Gasteiger charge is -2.09. The van der Waals surface area contributed by atoms with Gasteiger partial charge in [0.15, 0.2) is 0 Å². The molecule has 0 saturated heterocycles. The summed E-state index contributed by atoms with van der Waals surface area (Å²) in [6, 6.07) is 0. The highest BCUT2D eigenvalue weighted by molar-refractivity contribution is 5.00. The molecule has 0 N–H and O–H groups in total. The van der Waals surface area contributed by atoms with Gasteiger partial charge in [-0.3, -0.25) is 0 Å². The summed E-state index contributed by atoms with van der Waals surface area (Å²) < 4.78 is 0. The lowest BCUT2D eigenvalue weighted by atomic mass is 9.96. The maximum Gasteiger partial charge on any atom is -0.00938 e. The first-order chi connectivity index (χ1) is 3.80. The third-order valence-electron chi connectivity index (χ3n) is 1.67. The van der Waals surface area contributed by atoms with Gasteiger partial charge >= 0.3 is 0 Å². The van der Waals surface area contributed by atoms with Crippen LogP contribution in [0.5, 0.6) is 0 Å². The largest absolute Gasteiger partial charge is 0.129 e. The van der Waals surface area contributed by atoms with Gasteiger partial charge in [-0.05, 0) is 30.4 Å². The maximum absolute atomic E-state index is 3.10. The Morgan fingerprint density at radius 1 is 1.62 bits per heavy atom. The van der Waals surface area contributed by atoms with Crippen LogP contribution in [0.15, 0.2) is 17.9 Å². The van der Waals surface area contributed by atoms with Crippen LogP contribution in [0.1, 0.15) is 20.3 Å². The summed E-state index contributed by atoms with van der Waals surface area (Å²) in [6.07, 6.45) is 5.49. The van der Waals surface area contributed by atoms with Crippen molar-refractivity contribution in [2.45, 2.75) is 20.3 Å². The molecule has 1 aliphatic carbocycles. The molecule has 0 spiro atoms. The Morgan fingerprint density at radius 3 is 2.62 bits per heavy atom. The molecule has 0 radical (unpaired) electrons. The summed E-state index contributed by atoms with van der Waals surface area (Å²) in [6.45, 7) is 4.50. The van der Waals surface area contributed by atoms with E-state index in [1.165, 1.54) is 6.42 Å². The second kappa shape index (κ2) is 2.19. The molecule has 44 valence electrons. The molecule has 0 amide bonds. The molecule has 1 unspecified atom stereocenters. The zero-order chi connectivity index (χ0) is 5.98. The van der Waals surface area contributed by atoms with Crippen molar-refractivity contribution in [1.29, 1.82) is 0 Å². The maximum atomic E-state index is 3.10. The molecule has 0 heteroatoms. The second-order valence-electron chi connectivity index (χ2n) is 2.68. The van der Waals surface area contributed by atoms with Crippen LogP contribution in [0.3, 0.4) is 0 Å². The van der Waals surface area contributed by atoms with E-state index in [1.807, 2.05) is 0 Å². The van der Waals surface area contributed by atoms with E-state index in [1.54, 1.807) is 0 Å². The zero-order valence-electron chi connectivity index (χ0n) is 5.52. The number of allylic oxidation sites excluding steroid dienone is 1. The van der Waals surface area contributed by atoms with E-state index in [0.29, 0.717) is 0 Å². The normalized spacial score (nSPS) is 25.6. The highest BCUT2D eigenvalue weighted by Gasteiger charge is 2.09. The minimum absolute atomic E-state index is 0.773. The second-order valence-corrected chi connectivity index (χ2v) is 2.68. The molecule has 0 aromatic heterocycles. The van der Waals surface area contributed by atoms with E-state index in [2.05, 4.69) is 31.7 Å². The van der Waals surface area contributed by atoms with E-state index < -0.39 is 0 Å². The van der Waals surface area contributed by atoms with Gasteiger partial charge in [0, 0.05) is 0 Å². The highest BCUT2D eigenvalue weighted by Crippen LogP contribution is 2.19. The zero-order valence-corrected chi connectivity index (χ0v) is 5.52. The smallest absolute Gasteiger partial charge is 0.00938 e. The Kier molecular flexibility index (Phi) is 1.55. The molecule has 0 heterocycles. The first-order valence-electron chi connectivity index (χ1n) is 3.22. The lowest BCUT2D eigenvalue weighted by Crippen LogP contribution is -2.00. The van der Waals surface area contributed by atoms with Crippen LogP contribution >= 0.6 is 0 Å². The monoisotopic (exact) mass is 108 g/mol. The van der Waals surface area contributed by atoms with E-state index in [0.717, 1.165) is 11.8 Å². The fourth-order valence-electron chi connectivity index (χ4n) is 0.928. The van der Waals surface area contributed by atoms with Crippen molar-refractivity contribution in [3.05, 3.63) is 17.9 Å². The predicted molar refractivity (Wildman–Crippen MR) is 35.6 cm³/mol. The molecule has 1 atom stereocenters. The SMILES string of the molecule is CC(C)C1C=C=CC1. The average Bonchev–Trinajstić information content (AvgIpc) is 2.12. The Balaban J connectivity index is 2.42. The van der Waals surface area contributed by atoms with Gasteiger partial charge in [-0.1, -0.05) is 13.8 Å². The first kappa shape index (κ1) is 5.65. The van der Waals surface area contributed by atoms with Crippen molar-refractivity contribution in [2.75, 3.05) is 0 Å². The summed E-state index contributed by atoms with van der Waals surface area (Å²) in [4.78, 5) is 0. The van der Waals surface area contributed by atoms with Crippen LogP contribution < -0.4 is 0 Å². The van der Waals surface area contributed by atoms with E-state index in [9.17, 15) is 0 Å². The van der Waals surface area contributed by atoms with Crippen LogP contribution in [-0.4, -0.2) is 0 Å². The Hall–Kier alpha value is -0.480. The van der Waals surface area contributed by atoms with Crippen molar-refractivity contribution in [2.24, 2.45) is 11.8 Å². The fraction of sp³-hybridized carbons (Fsp3) is 0.625. The van der Waals surface area contributed by atoms with Gasteiger partial charge in [0.1, 0.15) is 0 Å². The molecule has 0 nitrogen and oxygen atoms in total. The number of hydrogen-bond acceptors (Lipinski definition) is 0. The fourth-order valence-corrected chi connectivity index (χ4v) is 0.928. The van der Waals surface area contributed by atoms with Crippen molar-refractivity contribution < 1.29 is 0 Å².